The summed E-state index contributed by atoms with van der Waals surface area (Å²) in [5, 5.41) is 7.38. The van der Waals surface area contributed by atoms with Gasteiger partial charge in [0.05, 0.1) is 6.54 Å². The average molecular weight is 467 g/mol. The minimum absolute atomic E-state index is 0.0499. The van der Waals surface area contributed by atoms with Crippen LogP contribution in [0, 0.1) is 11.8 Å². The SMILES string of the molecule is CC1CCCCC1C(=O)Nc1ccc2cc(-c3ccc(NCC(=O)c4ccccn4)cc3)[nH]c2c1. The van der Waals surface area contributed by atoms with Gasteiger partial charge in [0, 0.05) is 40.1 Å². The number of fused-ring (bicyclic) bond motifs is 1. The number of aromatic amines is 1. The number of carbonyl (C=O) groups excluding carboxylic acids is 2. The molecule has 3 N–H and O–H groups in total. The van der Waals surface area contributed by atoms with Gasteiger partial charge in [-0.1, -0.05) is 44.0 Å². The zero-order valence-electron chi connectivity index (χ0n) is 19.9. The summed E-state index contributed by atoms with van der Waals surface area (Å²) in [5.74, 6) is 0.624. The van der Waals surface area contributed by atoms with Crippen molar-refractivity contribution < 1.29 is 9.59 Å². The van der Waals surface area contributed by atoms with E-state index in [2.05, 4.69) is 33.6 Å². The maximum atomic E-state index is 12.8. The third kappa shape index (κ3) is 5.27. The van der Waals surface area contributed by atoms with E-state index in [1.165, 1.54) is 6.42 Å². The Kier molecular flexibility index (Phi) is 6.62. The molecule has 0 bridgehead atoms. The number of nitrogens with one attached hydrogen (secondary N) is 3. The Labute approximate surface area is 205 Å². The molecule has 2 aromatic carbocycles. The number of carbonyl (C=O) groups is 2. The van der Waals surface area contributed by atoms with Crippen LogP contribution in [0.3, 0.4) is 0 Å². The number of benzene rings is 2. The highest BCUT2D eigenvalue weighted by Crippen LogP contribution is 2.31. The Morgan fingerprint density at radius 1 is 0.971 bits per heavy atom. The summed E-state index contributed by atoms with van der Waals surface area (Å²) < 4.78 is 0. The van der Waals surface area contributed by atoms with E-state index in [-0.39, 0.29) is 24.2 Å². The van der Waals surface area contributed by atoms with Crippen LogP contribution >= 0.6 is 0 Å². The molecule has 5 rings (SSSR count). The van der Waals surface area contributed by atoms with Crippen molar-refractivity contribution in [3.63, 3.8) is 0 Å². The fraction of sp³-hybridized carbons (Fsp3) is 0.276. The lowest BCUT2D eigenvalue weighted by Gasteiger charge is -2.27. The number of Topliss-reactive ketones (excluding diaryl/α,β-unsaturated/α-hetero) is 1. The number of hydrogen-bond acceptors (Lipinski definition) is 4. The lowest BCUT2D eigenvalue weighted by molar-refractivity contribution is -0.122. The molecule has 1 amide bonds. The predicted octanol–water partition coefficient (Wildman–Crippen LogP) is 6.29. The standard InChI is InChI=1S/C29H30N4O2/c1-19-6-2-3-7-24(19)29(35)32-23-14-11-21-16-26(33-27(21)17-23)20-9-12-22(13-10-20)31-18-28(34)25-8-4-5-15-30-25/h4-5,8-17,19,24,31,33H,2-3,6-7,18H2,1H3,(H,32,35). The number of pyridine rings is 1. The summed E-state index contributed by atoms with van der Waals surface area (Å²) in [6.45, 7) is 2.37. The van der Waals surface area contributed by atoms with Gasteiger partial charge in [-0.3, -0.25) is 14.6 Å². The van der Waals surface area contributed by atoms with Crippen LogP contribution in [-0.2, 0) is 4.79 Å². The maximum Gasteiger partial charge on any atom is 0.227 e. The van der Waals surface area contributed by atoms with Gasteiger partial charge in [0.15, 0.2) is 5.78 Å². The first kappa shape index (κ1) is 22.8. The van der Waals surface area contributed by atoms with Crippen molar-refractivity contribution in [3.8, 4) is 11.3 Å². The molecule has 0 saturated heterocycles. The minimum atomic E-state index is -0.0499. The first-order valence-corrected chi connectivity index (χ1v) is 12.3. The summed E-state index contributed by atoms with van der Waals surface area (Å²) in [6, 6.07) is 21.4. The van der Waals surface area contributed by atoms with Crippen molar-refractivity contribution in [3.05, 3.63) is 78.6 Å². The number of nitrogens with zero attached hydrogens (tertiary/aromatic N) is 1. The van der Waals surface area contributed by atoms with Crippen molar-refractivity contribution in [1.82, 2.24) is 9.97 Å². The molecule has 2 atom stereocenters. The molecule has 4 aromatic rings. The van der Waals surface area contributed by atoms with Crippen LogP contribution in [-0.4, -0.2) is 28.2 Å². The van der Waals surface area contributed by atoms with Gasteiger partial charge in [0.2, 0.25) is 5.91 Å². The van der Waals surface area contributed by atoms with Gasteiger partial charge in [-0.2, -0.15) is 0 Å². The van der Waals surface area contributed by atoms with E-state index in [0.717, 1.165) is 52.8 Å². The molecule has 0 spiro atoms. The van der Waals surface area contributed by atoms with Gasteiger partial charge in [-0.15, -0.1) is 0 Å². The van der Waals surface area contributed by atoms with Crippen LogP contribution < -0.4 is 10.6 Å². The Balaban J connectivity index is 1.24. The predicted molar refractivity (Wildman–Crippen MR) is 141 cm³/mol. The summed E-state index contributed by atoms with van der Waals surface area (Å²) in [6.07, 6.45) is 6.09. The maximum absolute atomic E-state index is 12.8. The Morgan fingerprint density at radius 2 is 1.77 bits per heavy atom. The molecule has 0 radical (unpaired) electrons. The quantitative estimate of drug-likeness (QED) is 0.279. The van der Waals surface area contributed by atoms with E-state index in [1.807, 2.05) is 48.5 Å². The average Bonchev–Trinajstić information content (AvgIpc) is 3.32. The first-order chi connectivity index (χ1) is 17.1. The normalized spacial score (nSPS) is 17.7. The highest BCUT2D eigenvalue weighted by Gasteiger charge is 2.27. The molecule has 35 heavy (non-hydrogen) atoms. The molecule has 2 aromatic heterocycles. The van der Waals surface area contributed by atoms with E-state index in [1.54, 1.807) is 18.3 Å². The van der Waals surface area contributed by atoms with E-state index < -0.39 is 0 Å². The fourth-order valence-electron chi connectivity index (χ4n) is 4.87. The largest absolute Gasteiger partial charge is 0.378 e. The topological polar surface area (TPSA) is 86.9 Å². The Morgan fingerprint density at radius 3 is 2.54 bits per heavy atom. The minimum Gasteiger partial charge on any atom is -0.378 e. The number of hydrogen-bond donors (Lipinski definition) is 3. The molecule has 1 fully saturated rings. The van der Waals surface area contributed by atoms with Crippen molar-refractivity contribution in [1.29, 1.82) is 0 Å². The number of aromatic nitrogens is 2. The zero-order chi connectivity index (χ0) is 24.2. The summed E-state index contributed by atoms with van der Waals surface area (Å²) in [5.41, 5.74) is 5.18. The third-order valence-corrected chi connectivity index (χ3v) is 6.94. The Hall–Kier alpha value is -3.93. The van der Waals surface area contributed by atoms with Gasteiger partial charge in [0.1, 0.15) is 5.69 Å². The lowest BCUT2D eigenvalue weighted by atomic mass is 9.80. The van der Waals surface area contributed by atoms with Gasteiger partial charge < -0.3 is 15.6 Å². The molecule has 1 saturated carbocycles. The molecule has 1 aliphatic carbocycles. The van der Waals surface area contributed by atoms with Gasteiger partial charge in [0.25, 0.3) is 0 Å². The first-order valence-electron chi connectivity index (χ1n) is 12.3. The number of rotatable bonds is 7. The molecule has 178 valence electrons. The smallest absolute Gasteiger partial charge is 0.227 e. The van der Waals surface area contributed by atoms with Gasteiger partial charge in [-0.05, 0) is 66.8 Å². The number of amides is 1. The van der Waals surface area contributed by atoms with E-state index in [4.69, 9.17) is 0 Å². The summed E-state index contributed by atoms with van der Waals surface area (Å²) in [4.78, 5) is 32.6. The summed E-state index contributed by atoms with van der Waals surface area (Å²) >= 11 is 0. The summed E-state index contributed by atoms with van der Waals surface area (Å²) in [7, 11) is 0. The van der Waals surface area contributed by atoms with E-state index in [0.29, 0.717) is 11.6 Å². The molecular formula is C29H30N4O2. The third-order valence-electron chi connectivity index (χ3n) is 6.94. The highest BCUT2D eigenvalue weighted by atomic mass is 16.2. The zero-order valence-corrected chi connectivity index (χ0v) is 19.9. The molecule has 0 aliphatic heterocycles. The number of anilines is 2. The number of ketones is 1. The second kappa shape index (κ2) is 10.1. The van der Waals surface area contributed by atoms with Crippen LogP contribution in [0.25, 0.3) is 22.2 Å². The van der Waals surface area contributed by atoms with Crippen LogP contribution in [0.15, 0.2) is 72.9 Å². The molecular weight excluding hydrogens is 436 g/mol. The fourth-order valence-corrected chi connectivity index (χ4v) is 4.87. The highest BCUT2D eigenvalue weighted by molar-refractivity contribution is 5.97. The molecule has 2 heterocycles. The lowest BCUT2D eigenvalue weighted by Crippen LogP contribution is -2.30. The van der Waals surface area contributed by atoms with Crippen LogP contribution in [0.4, 0.5) is 11.4 Å². The second-order valence-electron chi connectivity index (χ2n) is 9.41. The molecule has 2 unspecified atom stereocenters. The van der Waals surface area contributed by atoms with Crippen molar-refractivity contribution >= 4 is 34.0 Å². The van der Waals surface area contributed by atoms with Crippen LogP contribution in [0.5, 0.6) is 0 Å². The van der Waals surface area contributed by atoms with Crippen molar-refractivity contribution in [2.45, 2.75) is 32.6 Å². The number of H-pyrrole nitrogens is 1. The second-order valence-corrected chi connectivity index (χ2v) is 9.41. The van der Waals surface area contributed by atoms with Gasteiger partial charge in [-0.25, -0.2) is 0 Å². The van der Waals surface area contributed by atoms with Crippen LogP contribution in [0.1, 0.15) is 43.1 Å². The van der Waals surface area contributed by atoms with E-state index in [9.17, 15) is 9.59 Å². The van der Waals surface area contributed by atoms with Gasteiger partial charge >= 0.3 is 0 Å². The monoisotopic (exact) mass is 466 g/mol. The van der Waals surface area contributed by atoms with E-state index >= 15 is 0 Å². The van der Waals surface area contributed by atoms with Crippen molar-refractivity contribution in [2.24, 2.45) is 11.8 Å². The molecule has 6 nitrogen and oxygen atoms in total. The molecule has 6 heteroatoms. The van der Waals surface area contributed by atoms with Crippen molar-refractivity contribution in [2.75, 3.05) is 17.2 Å². The molecule has 1 aliphatic rings. The van der Waals surface area contributed by atoms with Crippen LogP contribution in [0.2, 0.25) is 0 Å². The Bertz CT molecular complexity index is 1330.